The number of amides is 1. The summed E-state index contributed by atoms with van der Waals surface area (Å²) in [5.74, 6) is -0.116. The second-order valence-corrected chi connectivity index (χ2v) is 6.96. The fourth-order valence-electron chi connectivity index (χ4n) is 1.96. The van der Waals surface area contributed by atoms with Crippen molar-refractivity contribution in [3.63, 3.8) is 0 Å². The number of hydrogen-bond donors (Lipinski definition) is 2. The van der Waals surface area contributed by atoms with Crippen molar-refractivity contribution in [1.82, 2.24) is 4.98 Å². The standard InChI is InChI=1S/C16H21N3OS/c1-10-13(21-15(17-5)18-10)14(20)19-12-8-6-11(7-9-12)16(2,3)4/h6-9H,1-5H3,(H,17,18)(H,19,20). The highest BCUT2D eigenvalue weighted by atomic mass is 32.1. The second kappa shape index (κ2) is 5.85. The molecule has 2 rings (SSSR count). The lowest BCUT2D eigenvalue weighted by atomic mass is 9.87. The summed E-state index contributed by atoms with van der Waals surface area (Å²) in [5, 5.41) is 6.63. The summed E-state index contributed by atoms with van der Waals surface area (Å²) in [6.45, 7) is 8.34. The van der Waals surface area contributed by atoms with Crippen LogP contribution in [-0.4, -0.2) is 17.9 Å². The van der Waals surface area contributed by atoms with Crippen LogP contribution in [0.25, 0.3) is 0 Å². The molecule has 21 heavy (non-hydrogen) atoms. The zero-order valence-corrected chi connectivity index (χ0v) is 13.9. The van der Waals surface area contributed by atoms with Crippen LogP contribution in [-0.2, 0) is 5.41 Å². The zero-order valence-electron chi connectivity index (χ0n) is 13.1. The number of aryl methyl sites for hydroxylation is 1. The predicted octanol–water partition coefficient (Wildman–Crippen LogP) is 4.04. The lowest BCUT2D eigenvalue weighted by Gasteiger charge is -2.19. The lowest BCUT2D eigenvalue weighted by Crippen LogP contribution is -2.13. The molecule has 1 amide bonds. The maximum absolute atomic E-state index is 12.3. The quantitative estimate of drug-likeness (QED) is 0.899. The van der Waals surface area contributed by atoms with E-state index >= 15 is 0 Å². The molecular formula is C16H21N3OS. The van der Waals surface area contributed by atoms with Crippen molar-refractivity contribution in [3.05, 3.63) is 40.4 Å². The number of rotatable bonds is 3. The molecule has 0 aliphatic carbocycles. The number of anilines is 2. The van der Waals surface area contributed by atoms with Gasteiger partial charge in [0, 0.05) is 12.7 Å². The van der Waals surface area contributed by atoms with E-state index in [2.05, 4.69) is 36.4 Å². The summed E-state index contributed by atoms with van der Waals surface area (Å²) in [7, 11) is 1.80. The van der Waals surface area contributed by atoms with E-state index < -0.39 is 0 Å². The van der Waals surface area contributed by atoms with Crippen LogP contribution in [0.5, 0.6) is 0 Å². The van der Waals surface area contributed by atoms with Crippen molar-refractivity contribution in [2.24, 2.45) is 0 Å². The van der Waals surface area contributed by atoms with Gasteiger partial charge in [0.15, 0.2) is 5.13 Å². The minimum absolute atomic E-state index is 0.110. The van der Waals surface area contributed by atoms with E-state index in [4.69, 9.17) is 0 Å². The summed E-state index contributed by atoms with van der Waals surface area (Å²) in [5.41, 5.74) is 2.89. The number of carbonyl (C=O) groups is 1. The Bertz CT molecular complexity index is 639. The third-order valence-electron chi connectivity index (χ3n) is 3.23. The van der Waals surface area contributed by atoms with Crippen molar-refractivity contribution < 1.29 is 4.79 Å². The van der Waals surface area contributed by atoms with Gasteiger partial charge in [-0.2, -0.15) is 0 Å². The van der Waals surface area contributed by atoms with Crippen molar-refractivity contribution in [2.45, 2.75) is 33.1 Å². The molecule has 2 N–H and O–H groups in total. The maximum atomic E-state index is 12.3. The van der Waals surface area contributed by atoms with Crippen molar-refractivity contribution in [3.8, 4) is 0 Å². The SMILES string of the molecule is CNc1nc(C)c(C(=O)Nc2ccc(C(C)(C)C)cc2)s1. The number of benzene rings is 1. The summed E-state index contributed by atoms with van der Waals surface area (Å²) in [6, 6.07) is 7.98. The summed E-state index contributed by atoms with van der Waals surface area (Å²) < 4.78 is 0. The van der Waals surface area contributed by atoms with Crippen LogP contribution >= 0.6 is 11.3 Å². The third kappa shape index (κ3) is 3.61. The first-order valence-electron chi connectivity index (χ1n) is 6.88. The highest BCUT2D eigenvalue weighted by molar-refractivity contribution is 7.17. The average molecular weight is 303 g/mol. The van der Waals surface area contributed by atoms with E-state index in [0.717, 1.165) is 16.5 Å². The van der Waals surface area contributed by atoms with E-state index in [1.807, 2.05) is 31.2 Å². The van der Waals surface area contributed by atoms with Crippen molar-refractivity contribution in [1.29, 1.82) is 0 Å². The molecule has 0 atom stereocenters. The number of nitrogens with zero attached hydrogens (tertiary/aromatic N) is 1. The monoisotopic (exact) mass is 303 g/mol. The van der Waals surface area contributed by atoms with Crippen molar-refractivity contribution in [2.75, 3.05) is 17.7 Å². The van der Waals surface area contributed by atoms with Crippen LogP contribution in [0.15, 0.2) is 24.3 Å². The molecule has 112 valence electrons. The van der Waals surface area contributed by atoms with Gasteiger partial charge in [-0.1, -0.05) is 44.2 Å². The molecule has 0 aliphatic rings. The molecule has 5 heteroatoms. The van der Waals surface area contributed by atoms with E-state index in [9.17, 15) is 4.79 Å². The molecule has 1 heterocycles. The third-order valence-corrected chi connectivity index (χ3v) is 4.40. The summed E-state index contributed by atoms with van der Waals surface area (Å²) in [6.07, 6.45) is 0. The Morgan fingerprint density at radius 2 is 1.81 bits per heavy atom. The fraction of sp³-hybridized carbons (Fsp3) is 0.375. The fourth-order valence-corrected chi connectivity index (χ4v) is 2.77. The minimum Gasteiger partial charge on any atom is -0.365 e. The zero-order chi connectivity index (χ0) is 15.6. The molecule has 0 radical (unpaired) electrons. The topological polar surface area (TPSA) is 54.0 Å². The number of thiazole rings is 1. The summed E-state index contributed by atoms with van der Waals surface area (Å²) in [4.78, 5) is 17.2. The molecule has 0 spiro atoms. The first-order chi connectivity index (χ1) is 9.81. The van der Waals surface area contributed by atoms with Crippen LogP contribution < -0.4 is 10.6 Å². The van der Waals surface area contributed by atoms with Crippen LogP contribution in [0.1, 0.15) is 41.7 Å². The molecule has 4 nitrogen and oxygen atoms in total. The Hall–Kier alpha value is -1.88. The largest absolute Gasteiger partial charge is 0.365 e. The molecule has 2 aromatic rings. The molecule has 0 bridgehead atoms. The van der Waals surface area contributed by atoms with E-state index in [1.165, 1.54) is 16.9 Å². The normalized spacial score (nSPS) is 11.3. The van der Waals surface area contributed by atoms with Crippen LogP contribution in [0.2, 0.25) is 0 Å². The van der Waals surface area contributed by atoms with Gasteiger partial charge in [0.25, 0.3) is 5.91 Å². The van der Waals surface area contributed by atoms with E-state index in [1.54, 1.807) is 7.05 Å². The smallest absolute Gasteiger partial charge is 0.267 e. The minimum atomic E-state index is -0.116. The van der Waals surface area contributed by atoms with E-state index in [-0.39, 0.29) is 11.3 Å². The molecule has 1 aromatic heterocycles. The predicted molar refractivity (Wildman–Crippen MR) is 89.5 cm³/mol. The molecule has 0 aliphatic heterocycles. The molecule has 0 unspecified atom stereocenters. The van der Waals surface area contributed by atoms with Gasteiger partial charge in [0.1, 0.15) is 4.88 Å². The molecule has 1 aromatic carbocycles. The number of hydrogen-bond acceptors (Lipinski definition) is 4. The van der Waals surface area contributed by atoms with Crippen LogP contribution in [0.3, 0.4) is 0 Å². The van der Waals surface area contributed by atoms with Crippen molar-refractivity contribution >= 4 is 28.1 Å². The Morgan fingerprint density at radius 3 is 2.29 bits per heavy atom. The van der Waals surface area contributed by atoms with Gasteiger partial charge >= 0.3 is 0 Å². The van der Waals surface area contributed by atoms with Gasteiger partial charge in [0.2, 0.25) is 0 Å². The second-order valence-electron chi connectivity index (χ2n) is 5.97. The van der Waals surface area contributed by atoms with Gasteiger partial charge in [0.05, 0.1) is 5.69 Å². The number of aromatic nitrogens is 1. The van der Waals surface area contributed by atoms with Gasteiger partial charge in [-0.3, -0.25) is 4.79 Å². The molecule has 0 saturated heterocycles. The highest BCUT2D eigenvalue weighted by Crippen LogP contribution is 2.25. The Labute approximate surface area is 129 Å². The van der Waals surface area contributed by atoms with Gasteiger partial charge in [-0.05, 0) is 30.0 Å². The average Bonchev–Trinajstić information content (AvgIpc) is 2.80. The van der Waals surface area contributed by atoms with Gasteiger partial charge in [-0.25, -0.2) is 4.98 Å². The van der Waals surface area contributed by atoms with Crippen LogP contribution in [0, 0.1) is 6.92 Å². The Balaban J connectivity index is 2.14. The van der Waals surface area contributed by atoms with E-state index in [0.29, 0.717) is 4.88 Å². The Morgan fingerprint density at radius 1 is 1.19 bits per heavy atom. The lowest BCUT2D eigenvalue weighted by molar-refractivity contribution is 0.103. The number of nitrogens with one attached hydrogen (secondary N) is 2. The molecule has 0 saturated carbocycles. The highest BCUT2D eigenvalue weighted by Gasteiger charge is 2.16. The van der Waals surface area contributed by atoms with Gasteiger partial charge in [-0.15, -0.1) is 0 Å². The Kier molecular flexibility index (Phi) is 4.32. The number of carbonyl (C=O) groups excluding carboxylic acids is 1. The molecular weight excluding hydrogens is 282 g/mol. The first-order valence-corrected chi connectivity index (χ1v) is 7.70. The maximum Gasteiger partial charge on any atom is 0.267 e. The van der Waals surface area contributed by atoms with Crippen LogP contribution in [0.4, 0.5) is 10.8 Å². The van der Waals surface area contributed by atoms with Gasteiger partial charge < -0.3 is 10.6 Å². The molecule has 0 fully saturated rings. The first kappa shape index (κ1) is 15.5. The summed E-state index contributed by atoms with van der Waals surface area (Å²) >= 11 is 1.36.